The summed E-state index contributed by atoms with van der Waals surface area (Å²) in [5, 5.41) is 13.6. The van der Waals surface area contributed by atoms with E-state index in [1.54, 1.807) is 12.1 Å². The van der Waals surface area contributed by atoms with Crippen molar-refractivity contribution in [2.24, 2.45) is 0 Å². The van der Waals surface area contributed by atoms with Gasteiger partial charge in [-0.3, -0.25) is 4.79 Å². The standard InChI is InChI=1S/C32H42N2O2/c1-2-3-4-5-6-7-8-9-10-11-12-13-14-15-16-17-18-19-20-21-32(36)33-25-24-28-27-34-31-23-22-29(35)26-30(28)31/h3-4,6-7,9-10,12-13,15-16,18-19,22-23,26-27,34-35H,2,5,8,11,14,17,20-21,24-25H2,1H3,(H,33,36)/b4-3-,7-6+,10-9+,13-12+,16-15+,19-18+. The van der Waals surface area contributed by atoms with E-state index in [1.807, 2.05) is 12.3 Å². The molecule has 1 amide bonds. The molecule has 0 aliphatic heterocycles. The van der Waals surface area contributed by atoms with Crippen molar-refractivity contribution in [2.45, 2.75) is 64.7 Å². The Morgan fingerprint density at radius 2 is 1.39 bits per heavy atom. The average molecular weight is 487 g/mol. The summed E-state index contributed by atoms with van der Waals surface area (Å²) in [4.78, 5) is 15.2. The van der Waals surface area contributed by atoms with Gasteiger partial charge in [-0.1, -0.05) is 79.8 Å². The maximum Gasteiger partial charge on any atom is 0.220 e. The van der Waals surface area contributed by atoms with E-state index in [1.165, 1.54) is 0 Å². The van der Waals surface area contributed by atoms with Crippen LogP contribution in [-0.2, 0) is 11.2 Å². The Morgan fingerprint density at radius 1 is 0.833 bits per heavy atom. The molecule has 1 aromatic heterocycles. The zero-order chi connectivity index (χ0) is 25.7. The summed E-state index contributed by atoms with van der Waals surface area (Å²) >= 11 is 0. The third-order valence-electron chi connectivity index (χ3n) is 5.60. The van der Waals surface area contributed by atoms with Gasteiger partial charge < -0.3 is 15.4 Å². The van der Waals surface area contributed by atoms with Crippen LogP contribution in [0.5, 0.6) is 5.75 Å². The Labute approximate surface area is 216 Å². The highest BCUT2D eigenvalue weighted by molar-refractivity contribution is 5.84. The number of H-pyrrole nitrogens is 1. The van der Waals surface area contributed by atoms with Crippen molar-refractivity contribution < 1.29 is 9.90 Å². The Balaban J connectivity index is 1.46. The van der Waals surface area contributed by atoms with Gasteiger partial charge in [-0.05, 0) is 75.1 Å². The Morgan fingerprint density at radius 3 is 1.97 bits per heavy atom. The van der Waals surface area contributed by atoms with E-state index >= 15 is 0 Å². The van der Waals surface area contributed by atoms with Crippen LogP contribution in [0.15, 0.2) is 97.3 Å². The highest BCUT2D eigenvalue weighted by atomic mass is 16.3. The third kappa shape index (κ3) is 12.8. The molecule has 2 rings (SSSR count). The zero-order valence-corrected chi connectivity index (χ0v) is 21.7. The van der Waals surface area contributed by atoms with E-state index in [2.05, 4.69) is 90.1 Å². The van der Waals surface area contributed by atoms with E-state index < -0.39 is 0 Å². The first-order chi connectivity index (χ1) is 17.7. The van der Waals surface area contributed by atoms with E-state index in [0.29, 0.717) is 13.0 Å². The molecule has 36 heavy (non-hydrogen) atoms. The largest absolute Gasteiger partial charge is 0.508 e. The number of amides is 1. The number of rotatable bonds is 17. The first kappa shape index (κ1) is 28.7. The van der Waals surface area contributed by atoms with Crippen LogP contribution in [0.2, 0.25) is 0 Å². The maximum absolute atomic E-state index is 12.0. The molecule has 192 valence electrons. The van der Waals surface area contributed by atoms with Crippen molar-refractivity contribution in [1.82, 2.24) is 10.3 Å². The van der Waals surface area contributed by atoms with Crippen LogP contribution in [0.1, 0.15) is 63.9 Å². The van der Waals surface area contributed by atoms with Crippen LogP contribution in [0.3, 0.4) is 0 Å². The molecule has 4 nitrogen and oxygen atoms in total. The lowest BCUT2D eigenvalue weighted by Crippen LogP contribution is -2.25. The molecule has 1 aromatic carbocycles. The smallest absolute Gasteiger partial charge is 0.220 e. The molecule has 2 aromatic rings. The lowest BCUT2D eigenvalue weighted by molar-refractivity contribution is -0.120. The number of allylic oxidation sites excluding steroid dienone is 12. The summed E-state index contributed by atoms with van der Waals surface area (Å²) in [7, 11) is 0. The van der Waals surface area contributed by atoms with Crippen LogP contribution in [0.25, 0.3) is 10.9 Å². The number of carbonyl (C=O) groups excluding carboxylic acids is 1. The summed E-state index contributed by atoms with van der Waals surface area (Å²) in [6.45, 7) is 2.74. The van der Waals surface area contributed by atoms with E-state index in [4.69, 9.17) is 0 Å². The number of fused-ring (bicyclic) bond motifs is 1. The number of aromatic hydroxyl groups is 1. The van der Waals surface area contributed by atoms with Gasteiger partial charge in [0, 0.05) is 30.1 Å². The summed E-state index contributed by atoms with van der Waals surface area (Å²) < 4.78 is 0. The van der Waals surface area contributed by atoms with Crippen molar-refractivity contribution >= 4 is 16.8 Å². The highest BCUT2D eigenvalue weighted by Gasteiger charge is 2.05. The number of nitrogens with one attached hydrogen (secondary N) is 2. The van der Waals surface area contributed by atoms with E-state index in [-0.39, 0.29) is 11.7 Å². The summed E-state index contributed by atoms with van der Waals surface area (Å²) in [6, 6.07) is 5.28. The monoisotopic (exact) mass is 486 g/mol. The fourth-order valence-electron chi connectivity index (χ4n) is 3.65. The first-order valence-electron chi connectivity index (χ1n) is 13.2. The Hall–Kier alpha value is -3.53. The molecular formula is C32H42N2O2. The van der Waals surface area contributed by atoms with Gasteiger partial charge in [-0.25, -0.2) is 0 Å². The normalized spacial score (nSPS) is 12.7. The molecule has 4 heteroatoms. The van der Waals surface area contributed by atoms with Crippen molar-refractivity contribution in [3.63, 3.8) is 0 Å². The van der Waals surface area contributed by atoms with Gasteiger partial charge in [-0.15, -0.1) is 0 Å². The van der Waals surface area contributed by atoms with Gasteiger partial charge in [0.1, 0.15) is 5.75 Å². The fourth-order valence-corrected chi connectivity index (χ4v) is 3.65. The molecule has 1 heterocycles. The molecule has 0 saturated carbocycles. The minimum absolute atomic E-state index is 0.0669. The molecule has 3 N–H and O–H groups in total. The number of phenolic OH excluding ortho intramolecular Hbond substituents is 1. The number of hydrogen-bond donors (Lipinski definition) is 3. The van der Waals surface area contributed by atoms with Crippen molar-refractivity contribution in [3.8, 4) is 5.75 Å². The van der Waals surface area contributed by atoms with E-state index in [0.717, 1.165) is 67.8 Å². The van der Waals surface area contributed by atoms with Crippen LogP contribution in [0, 0.1) is 0 Å². The van der Waals surface area contributed by atoms with Gasteiger partial charge >= 0.3 is 0 Å². The van der Waals surface area contributed by atoms with Crippen LogP contribution >= 0.6 is 0 Å². The molecule has 0 spiro atoms. The van der Waals surface area contributed by atoms with Crippen LogP contribution < -0.4 is 5.32 Å². The molecule has 0 saturated heterocycles. The Bertz CT molecular complexity index is 1070. The average Bonchev–Trinajstić information content (AvgIpc) is 3.27. The summed E-state index contributed by atoms with van der Waals surface area (Å²) in [5.74, 6) is 0.320. The fraction of sp³-hybridized carbons (Fsp3) is 0.344. The number of carbonyl (C=O) groups is 1. The Kier molecular flexibility index (Phi) is 15.0. The molecular weight excluding hydrogens is 444 g/mol. The minimum atomic E-state index is 0.0669. The molecule has 0 aliphatic carbocycles. The number of hydrogen-bond acceptors (Lipinski definition) is 2. The molecule has 0 aliphatic rings. The quantitative estimate of drug-likeness (QED) is 0.198. The van der Waals surface area contributed by atoms with Gasteiger partial charge in [0.05, 0.1) is 0 Å². The first-order valence-corrected chi connectivity index (χ1v) is 13.2. The second-order valence-electron chi connectivity index (χ2n) is 8.60. The van der Waals surface area contributed by atoms with Gasteiger partial charge in [0.2, 0.25) is 5.91 Å². The number of aromatic nitrogens is 1. The lowest BCUT2D eigenvalue weighted by atomic mass is 10.1. The number of aromatic amines is 1. The SMILES string of the molecule is CC/C=C\C/C=C/C/C=C/C/C=C/C/C=C/C/C=C/CCC(=O)NCCc1c[nH]c2ccc(O)cc12. The lowest BCUT2D eigenvalue weighted by Gasteiger charge is -2.04. The summed E-state index contributed by atoms with van der Waals surface area (Å²) in [5.41, 5.74) is 2.09. The molecule has 0 radical (unpaired) electrons. The number of benzene rings is 1. The van der Waals surface area contributed by atoms with Crippen molar-refractivity contribution in [3.05, 3.63) is 103 Å². The van der Waals surface area contributed by atoms with Crippen LogP contribution in [0.4, 0.5) is 0 Å². The highest BCUT2D eigenvalue weighted by Crippen LogP contribution is 2.23. The topological polar surface area (TPSA) is 65.1 Å². The number of phenols is 1. The van der Waals surface area contributed by atoms with Gasteiger partial charge in [0.25, 0.3) is 0 Å². The molecule has 0 fully saturated rings. The molecule has 0 bridgehead atoms. The van der Waals surface area contributed by atoms with Crippen molar-refractivity contribution in [1.29, 1.82) is 0 Å². The molecule has 0 atom stereocenters. The van der Waals surface area contributed by atoms with Gasteiger partial charge in [-0.2, -0.15) is 0 Å². The van der Waals surface area contributed by atoms with Crippen LogP contribution in [-0.4, -0.2) is 22.5 Å². The predicted molar refractivity (Wildman–Crippen MR) is 154 cm³/mol. The van der Waals surface area contributed by atoms with Crippen molar-refractivity contribution in [2.75, 3.05) is 6.54 Å². The second kappa shape index (κ2) is 18.8. The van der Waals surface area contributed by atoms with Gasteiger partial charge in [0.15, 0.2) is 0 Å². The zero-order valence-electron chi connectivity index (χ0n) is 21.7. The third-order valence-corrected chi connectivity index (χ3v) is 5.60. The van der Waals surface area contributed by atoms with E-state index in [9.17, 15) is 9.90 Å². The molecule has 0 unspecified atom stereocenters. The second-order valence-corrected chi connectivity index (χ2v) is 8.60. The predicted octanol–water partition coefficient (Wildman–Crippen LogP) is 8.01. The minimum Gasteiger partial charge on any atom is -0.508 e. The maximum atomic E-state index is 12.0. The summed E-state index contributed by atoms with van der Waals surface area (Å²) in [6.07, 6.45) is 36.0.